The van der Waals surface area contributed by atoms with E-state index in [4.69, 9.17) is 0 Å². The van der Waals surface area contributed by atoms with Crippen LogP contribution in [0.1, 0.15) is 36.8 Å². The molecule has 1 aliphatic rings. The smallest absolute Gasteiger partial charge is 0.267 e. The Morgan fingerprint density at radius 3 is 2.70 bits per heavy atom. The van der Waals surface area contributed by atoms with Gasteiger partial charge in [0.15, 0.2) is 5.16 Å². The van der Waals surface area contributed by atoms with E-state index >= 15 is 0 Å². The van der Waals surface area contributed by atoms with Crippen molar-refractivity contribution in [3.8, 4) is 5.69 Å². The molecule has 2 aromatic heterocycles. The number of aryl methyl sites for hydroxylation is 2. The molecule has 1 fully saturated rings. The summed E-state index contributed by atoms with van der Waals surface area (Å²) in [6, 6.07) is 13.6. The topological polar surface area (TPSA) is 69.3 Å². The molecule has 1 atom stereocenters. The Labute approximate surface area is 177 Å². The third-order valence-corrected chi connectivity index (χ3v) is 7.00. The first kappa shape index (κ1) is 19.1. The highest BCUT2D eigenvalue weighted by atomic mass is 32.2. The number of aromatic nitrogens is 4. The summed E-state index contributed by atoms with van der Waals surface area (Å²) < 4.78 is 3.56. The highest BCUT2D eigenvalue weighted by molar-refractivity contribution is 8.00. The minimum atomic E-state index is -0.121. The van der Waals surface area contributed by atoms with Crippen molar-refractivity contribution in [1.82, 2.24) is 19.2 Å². The average molecular weight is 419 g/mol. The number of para-hydroxylation sites is 1. The van der Waals surface area contributed by atoms with Crippen LogP contribution in [-0.2, 0) is 4.79 Å². The summed E-state index contributed by atoms with van der Waals surface area (Å²) in [5.74, 6) is 0.744. The zero-order valence-corrected chi connectivity index (χ0v) is 17.8. The van der Waals surface area contributed by atoms with E-state index in [1.807, 2.05) is 60.7 Å². The highest BCUT2D eigenvalue weighted by Crippen LogP contribution is 2.32. The monoisotopic (exact) mass is 418 g/mol. The van der Waals surface area contributed by atoms with Gasteiger partial charge in [0.05, 0.1) is 21.8 Å². The van der Waals surface area contributed by atoms with Crippen molar-refractivity contribution in [2.45, 2.75) is 49.9 Å². The fraction of sp³-hybridized carbons (Fsp3) is 0.304. The van der Waals surface area contributed by atoms with Crippen LogP contribution in [0.15, 0.2) is 52.4 Å². The van der Waals surface area contributed by atoms with Crippen molar-refractivity contribution < 1.29 is 4.79 Å². The Balaban J connectivity index is 1.80. The predicted molar refractivity (Wildman–Crippen MR) is 119 cm³/mol. The maximum absolute atomic E-state index is 13.5. The molecule has 0 spiro atoms. The van der Waals surface area contributed by atoms with Gasteiger partial charge in [0.1, 0.15) is 5.78 Å². The van der Waals surface area contributed by atoms with E-state index in [0.29, 0.717) is 22.7 Å². The molecular weight excluding hydrogens is 396 g/mol. The Morgan fingerprint density at radius 2 is 1.87 bits per heavy atom. The van der Waals surface area contributed by atoms with E-state index < -0.39 is 0 Å². The van der Waals surface area contributed by atoms with E-state index in [1.54, 1.807) is 4.57 Å². The second-order valence-electron chi connectivity index (χ2n) is 7.88. The zero-order chi connectivity index (χ0) is 20.8. The molecule has 30 heavy (non-hydrogen) atoms. The molecule has 4 aromatic rings. The number of thioether (sulfide) groups is 1. The fourth-order valence-electron chi connectivity index (χ4n) is 4.14. The van der Waals surface area contributed by atoms with E-state index in [2.05, 4.69) is 10.2 Å². The Morgan fingerprint density at radius 1 is 1.03 bits per heavy atom. The lowest BCUT2D eigenvalue weighted by molar-refractivity contribution is -0.119. The number of nitrogens with zero attached hydrogens (tertiary/aromatic N) is 4. The van der Waals surface area contributed by atoms with Crippen LogP contribution in [-0.4, -0.2) is 30.2 Å². The zero-order valence-electron chi connectivity index (χ0n) is 17.0. The average Bonchev–Trinajstić information content (AvgIpc) is 3.16. The minimum absolute atomic E-state index is 0.106. The van der Waals surface area contributed by atoms with Crippen molar-refractivity contribution in [2.24, 2.45) is 0 Å². The van der Waals surface area contributed by atoms with Gasteiger partial charge in [0.2, 0.25) is 5.78 Å². The molecule has 1 unspecified atom stereocenters. The summed E-state index contributed by atoms with van der Waals surface area (Å²) in [6.07, 6.45) is 3.50. The number of carbonyl (C=O) groups is 1. The molecule has 0 aliphatic heterocycles. The first-order valence-electron chi connectivity index (χ1n) is 10.2. The van der Waals surface area contributed by atoms with Crippen molar-refractivity contribution >= 4 is 34.2 Å². The Bertz CT molecular complexity index is 1350. The molecule has 152 valence electrons. The molecule has 0 radical (unpaired) electrons. The summed E-state index contributed by atoms with van der Waals surface area (Å²) >= 11 is 1.47. The molecule has 6 nitrogen and oxygen atoms in total. The first-order valence-corrected chi connectivity index (χ1v) is 11.1. The Kier molecular flexibility index (Phi) is 4.70. The molecule has 1 saturated carbocycles. The van der Waals surface area contributed by atoms with Gasteiger partial charge in [-0.15, -0.1) is 10.2 Å². The van der Waals surface area contributed by atoms with Crippen LogP contribution in [0.2, 0.25) is 0 Å². The van der Waals surface area contributed by atoms with Gasteiger partial charge >= 0.3 is 0 Å². The summed E-state index contributed by atoms with van der Waals surface area (Å²) in [5, 5.41) is 9.98. The van der Waals surface area contributed by atoms with Crippen LogP contribution in [0.25, 0.3) is 22.4 Å². The third-order valence-electron chi connectivity index (χ3n) is 5.75. The lowest BCUT2D eigenvalue weighted by atomic mass is 9.99. The van der Waals surface area contributed by atoms with E-state index in [1.165, 1.54) is 11.8 Å². The number of benzene rings is 2. The number of carbonyl (C=O) groups excluding carboxylic acids is 1. The number of Topliss-reactive ketones (excluding diaryl/α,β-unsaturated/α-hetero) is 1. The first-order chi connectivity index (χ1) is 14.5. The lowest BCUT2D eigenvalue weighted by Gasteiger charge is -2.19. The third kappa shape index (κ3) is 3.04. The summed E-state index contributed by atoms with van der Waals surface area (Å²) in [6.45, 7) is 3.99. The minimum Gasteiger partial charge on any atom is -0.298 e. The molecular formula is C23H22N4O2S. The molecule has 0 saturated heterocycles. The summed E-state index contributed by atoms with van der Waals surface area (Å²) in [7, 11) is 0. The van der Waals surface area contributed by atoms with Crippen LogP contribution < -0.4 is 5.56 Å². The standard InChI is InChI=1S/C23H22N4O2S/c1-14-11-12-15(2)18(13-14)26-21(29)16-7-3-4-8-17(16)27-22(26)24-25-23(27)30-20-10-6-5-9-19(20)28/h3-4,7-8,11-13,20H,5-6,9-10H2,1-2H3. The largest absolute Gasteiger partial charge is 0.298 e. The normalized spacial score (nSPS) is 17.1. The molecule has 2 heterocycles. The van der Waals surface area contributed by atoms with Crippen molar-refractivity contribution in [2.75, 3.05) is 0 Å². The lowest BCUT2D eigenvalue weighted by Crippen LogP contribution is -2.23. The molecule has 2 aromatic carbocycles. The highest BCUT2D eigenvalue weighted by Gasteiger charge is 2.27. The van der Waals surface area contributed by atoms with Gasteiger partial charge in [-0.3, -0.25) is 14.0 Å². The van der Waals surface area contributed by atoms with Gasteiger partial charge in [-0.05, 0) is 56.0 Å². The number of ketones is 1. The summed E-state index contributed by atoms with van der Waals surface area (Å²) in [4.78, 5) is 25.9. The van der Waals surface area contributed by atoms with Crippen LogP contribution in [0.3, 0.4) is 0 Å². The van der Waals surface area contributed by atoms with Gasteiger partial charge in [0, 0.05) is 6.42 Å². The van der Waals surface area contributed by atoms with Crippen molar-refractivity contribution in [3.63, 3.8) is 0 Å². The fourth-order valence-corrected chi connectivity index (χ4v) is 5.30. The van der Waals surface area contributed by atoms with Gasteiger partial charge in [-0.25, -0.2) is 4.57 Å². The van der Waals surface area contributed by atoms with E-state index in [0.717, 1.165) is 41.6 Å². The molecule has 1 aliphatic carbocycles. The maximum Gasteiger partial charge on any atom is 0.267 e. The Hall–Kier alpha value is -2.93. The van der Waals surface area contributed by atoms with Gasteiger partial charge in [-0.1, -0.05) is 42.4 Å². The quantitative estimate of drug-likeness (QED) is 0.497. The van der Waals surface area contributed by atoms with Crippen LogP contribution in [0.5, 0.6) is 0 Å². The number of hydrogen-bond acceptors (Lipinski definition) is 5. The number of hydrogen-bond donors (Lipinski definition) is 0. The van der Waals surface area contributed by atoms with Gasteiger partial charge in [-0.2, -0.15) is 0 Å². The predicted octanol–water partition coefficient (Wildman–Crippen LogP) is 4.25. The second-order valence-corrected chi connectivity index (χ2v) is 9.05. The molecule has 5 rings (SSSR count). The number of rotatable bonds is 3. The maximum atomic E-state index is 13.5. The summed E-state index contributed by atoms with van der Waals surface area (Å²) in [5.41, 5.74) is 3.49. The van der Waals surface area contributed by atoms with Gasteiger partial charge < -0.3 is 0 Å². The number of fused-ring (bicyclic) bond motifs is 3. The molecule has 0 amide bonds. The van der Waals surface area contributed by atoms with Gasteiger partial charge in [0.25, 0.3) is 5.56 Å². The van der Waals surface area contributed by atoms with Crippen LogP contribution >= 0.6 is 11.8 Å². The van der Waals surface area contributed by atoms with Crippen LogP contribution in [0.4, 0.5) is 0 Å². The van der Waals surface area contributed by atoms with E-state index in [9.17, 15) is 9.59 Å². The van der Waals surface area contributed by atoms with Crippen molar-refractivity contribution in [3.05, 3.63) is 63.9 Å². The van der Waals surface area contributed by atoms with E-state index in [-0.39, 0.29) is 16.6 Å². The SMILES string of the molecule is Cc1ccc(C)c(-n2c(=O)c3ccccc3n3c(SC4CCCCC4=O)nnc23)c1. The molecule has 0 bridgehead atoms. The second kappa shape index (κ2) is 7.40. The van der Waals surface area contributed by atoms with Crippen molar-refractivity contribution in [1.29, 1.82) is 0 Å². The molecule has 7 heteroatoms. The van der Waals surface area contributed by atoms with Crippen LogP contribution in [0, 0.1) is 13.8 Å². The molecule has 0 N–H and O–H groups in total.